The monoisotopic (exact) mass is 342 g/mol. The summed E-state index contributed by atoms with van der Waals surface area (Å²) in [6, 6.07) is 6.27. The number of pyridine rings is 1. The van der Waals surface area contributed by atoms with Crippen LogP contribution in [0.4, 0.5) is 26.1 Å². The number of halogens is 3. The topological polar surface area (TPSA) is 63.0 Å². The summed E-state index contributed by atoms with van der Waals surface area (Å²) in [5.74, 6) is 3.19. The minimum atomic E-state index is -0.845. The highest BCUT2D eigenvalue weighted by Crippen LogP contribution is 2.27. The minimum absolute atomic E-state index is 0.0867. The molecule has 106 valence electrons. The van der Waals surface area contributed by atoms with Crippen molar-refractivity contribution in [1.82, 2.24) is 4.98 Å². The molecule has 1 aromatic heterocycles. The van der Waals surface area contributed by atoms with E-state index in [9.17, 15) is 8.78 Å². The van der Waals surface area contributed by atoms with Crippen LogP contribution in [0.15, 0.2) is 28.7 Å². The largest absolute Gasteiger partial charge is 0.337 e. The van der Waals surface area contributed by atoms with Crippen molar-refractivity contribution < 1.29 is 8.78 Å². The molecule has 0 saturated carbocycles. The number of nitrogens with two attached hydrogens (primary N) is 1. The van der Waals surface area contributed by atoms with Crippen LogP contribution in [-0.2, 0) is 6.42 Å². The molecule has 1 aromatic carbocycles. The number of benzene rings is 1. The number of aromatic nitrogens is 1. The van der Waals surface area contributed by atoms with Crippen molar-refractivity contribution in [3.63, 3.8) is 0 Å². The lowest BCUT2D eigenvalue weighted by atomic mass is 10.1. The van der Waals surface area contributed by atoms with Gasteiger partial charge in [0.2, 0.25) is 0 Å². The van der Waals surface area contributed by atoms with E-state index >= 15 is 0 Å². The Morgan fingerprint density at radius 1 is 1.20 bits per heavy atom. The van der Waals surface area contributed by atoms with E-state index in [4.69, 9.17) is 5.84 Å². The molecule has 0 radical (unpaired) electrons. The predicted octanol–water partition coefficient (Wildman–Crippen LogP) is 3.71. The van der Waals surface area contributed by atoms with E-state index in [1.165, 1.54) is 0 Å². The third kappa shape index (κ3) is 3.05. The summed E-state index contributed by atoms with van der Waals surface area (Å²) in [5, 5.41) is 2.85. The van der Waals surface area contributed by atoms with Crippen LogP contribution in [0.1, 0.15) is 12.5 Å². The van der Waals surface area contributed by atoms with Crippen molar-refractivity contribution in [2.45, 2.75) is 13.3 Å². The van der Waals surface area contributed by atoms with Gasteiger partial charge in [-0.15, -0.1) is 0 Å². The fourth-order valence-electron chi connectivity index (χ4n) is 1.76. The third-order valence-corrected chi connectivity index (χ3v) is 3.26. The molecule has 0 aliphatic carbocycles. The van der Waals surface area contributed by atoms with Crippen LogP contribution < -0.4 is 16.6 Å². The van der Waals surface area contributed by atoms with Crippen molar-refractivity contribution in [2.75, 3.05) is 10.7 Å². The molecule has 0 fully saturated rings. The maximum atomic E-state index is 13.7. The van der Waals surface area contributed by atoms with Gasteiger partial charge in [-0.05, 0) is 30.2 Å². The molecule has 0 spiro atoms. The SMILES string of the molecule is CCc1cc(Br)ccc1Nc1nc(NN)c(F)cc1F. The first-order valence-electron chi connectivity index (χ1n) is 5.93. The zero-order chi connectivity index (χ0) is 14.7. The van der Waals surface area contributed by atoms with Gasteiger partial charge < -0.3 is 10.7 Å². The first-order chi connectivity index (χ1) is 9.55. The first-order valence-corrected chi connectivity index (χ1v) is 6.72. The molecule has 0 aliphatic heterocycles. The number of hydrazine groups is 1. The lowest BCUT2D eigenvalue weighted by molar-refractivity contribution is 0.579. The number of nitrogens with one attached hydrogen (secondary N) is 2. The number of aryl methyl sites for hydroxylation is 1. The van der Waals surface area contributed by atoms with E-state index in [1.54, 1.807) is 6.07 Å². The summed E-state index contributed by atoms with van der Waals surface area (Å²) in [4.78, 5) is 3.77. The molecule has 0 bridgehead atoms. The van der Waals surface area contributed by atoms with E-state index in [2.05, 4.69) is 31.7 Å². The van der Waals surface area contributed by atoms with Crippen LogP contribution in [0, 0.1) is 11.6 Å². The van der Waals surface area contributed by atoms with Crippen molar-refractivity contribution in [3.8, 4) is 0 Å². The predicted molar refractivity (Wildman–Crippen MR) is 78.8 cm³/mol. The second kappa shape index (κ2) is 6.15. The van der Waals surface area contributed by atoms with Crippen LogP contribution in [-0.4, -0.2) is 4.98 Å². The summed E-state index contributed by atoms with van der Waals surface area (Å²) < 4.78 is 27.9. The Morgan fingerprint density at radius 2 is 1.90 bits per heavy atom. The van der Waals surface area contributed by atoms with Gasteiger partial charge in [-0.1, -0.05) is 22.9 Å². The van der Waals surface area contributed by atoms with Crippen LogP contribution in [0.2, 0.25) is 0 Å². The van der Waals surface area contributed by atoms with E-state index in [-0.39, 0.29) is 11.6 Å². The van der Waals surface area contributed by atoms with Crippen LogP contribution in [0.5, 0.6) is 0 Å². The Balaban J connectivity index is 2.39. The molecule has 4 N–H and O–H groups in total. The van der Waals surface area contributed by atoms with Crippen LogP contribution in [0.25, 0.3) is 0 Å². The maximum Gasteiger partial charge on any atom is 0.178 e. The molecule has 0 amide bonds. The second-order valence-electron chi connectivity index (χ2n) is 4.07. The highest BCUT2D eigenvalue weighted by atomic mass is 79.9. The van der Waals surface area contributed by atoms with Gasteiger partial charge in [0.25, 0.3) is 0 Å². The van der Waals surface area contributed by atoms with Gasteiger partial charge in [-0.2, -0.15) is 0 Å². The molecule has 2 aromatic rings. The van der Waals surface area contributed by atoms with Gasteiger partial charge in [-0.3, -0.25) is 0 Å². The van der Waals surface area contributed by atoms with E-state index < -0.39 is 11.6 Å². The molecule has 4 nitrogen and oxygen atoms in total. The lowest BCUT2D eigenvalue weighted by Gasteiger charge is -2.12. The molecule has 1 heterocycles. The number of rotatable bonds is 4. The van der Waals surface area contributed by atoms with Crippen molar-refractivity contribution >= 4 is 33.3 Å². The Kier molecular flexibility index (Phi) is 4.51. The summed E-state index contributed by atoms with van der Waals surface area (Å²) >= 11 is 3.38. The standard InChI is InChI=1S/C13H13BrF2N4/c1-2-7-5-8(14)3-4-11(7)18-12-9(15)6-10(16)13(19-12)20-17/h3-6H,2,17H2,1H3,(H2,18,19,20). The second-order valence-corrected chi connectivity index (χ2v) is 4.99. The van der Waals surface area contributed by atoms with Gasteiger partial charge in [0.1, 0.15) is 0 Å². The Hall–Kier alpha value is -1.73. The Bertz CT molecular complexity index is 634. The van der Waals surface area contributed by atoms with Gasteiger partial charge >= 0.3 is 0 Å². The maximum absolute atomic E-state index is 13.7. The number of nitrogens with zero attached hydrogens (tertiary/aromatic N) is 1. The number of hydrogen-bond acceptors (Lipinski definition) is 4. The molecule has 20 heavy (non-hydrogen) atoms. The molecule has 0 aliphatic rings. The summed E-state index contributed by atoms with van der Waals surface area (Å²) in [6.07, 6.45) is 0.757. The molecular formula is C13H13BrF2N4. The van der Waals surface area contributed by atoms with E-state index in [0.29, 0.717) is 5.69 Å². The van der Waals surface area contributed by atoms with Crippen LogP contribution in [0.3, 0.4) is 0 Å². The number of anilines is 3. The van der Waals surface area contributed by atoms with Crippen molar-refractivity contribution in [3.05, 3.63) is 45.9 Å². The molecule has 0 atom stereocenters. The molecule has 7 heteroatoms. The van der Waals surface area contributed by atoms with Crippen LogP contribution >= 0.6 is 15.9 Å². The average molecular weight is 343 g/mol. The van der Waals surface area contributed by atoms with Gasteiger partial charge in [-0.25, -0.2) is 19.6 Å². The highest BCUT2D eigenvalue weighted by molar-refractivity contribution is 9.10. The quantitative estimate of drug-likeness (QED) is 0.585. The summed E-state index contributed by atoms with van der Waals surface area (Å²) in [7, 11) is 0. The Morgan fingerprint density at radius 3 is 2.55 bits per heavy atom. The molecule has 0 saturated heterocycles. The molecule has 2 rings (SSSR count). The normalized spacial score (nSPS) is 10.4. The zero-order valence-corrected chi connectivity index (χ0v) is 12.3. The number of hydrogen-bond donors (Lipinski definition) is 3. The molecule has 0 unspecified atom stereocenters. The first kappa shape index (κ1) is 14.7. The summed E-state index contributed by atoms with van der Waals surface area (Å²) in [5.41, 5.74) is 3.77. The van der Waals surface area contributed by atoms with Gasteiger partial charge in [0, 0.05) is 16.2 Å². The van der Waals surface area contributed by atoms with E-state index in [1.807, 2.05) is 19.1 Å². The zero-order valence-electron chi connectivity index (χ0n) is 10.7. The fourth-order valence-corrected chi connectivity index (χ4v) is 2.17. The fraction of sp³-hybridized carbons (Fsp3) is 0.154. The lowest BCUT2D eigenvalue weighted by Crippen LogP contribution is -2.12. The smallest absolute Gasteiger partial charge is 0.178 e. The van der Waals surface area contributed by atoms with E-state index in [0.717, 1.165) is 22.5 Å². The summed E-state index contributed by atoms with van der Waals surface area (Å²) in [6.45, 7) is 1.98. The van der Waals surface area contributed by atoms with Gasteiger partial charge in [0.15, 0.2) is 23.3 Å². The third-order valence-electron chi connectivity index (χ3n) is 2.77. The van der Waals surface area contributed by atoms with Crippen molar-refractivity contribution in [1.29, 1.82) is 0 Å². The molecular weight excluding hydrogens is 330 g/mol. The average Bonchev–Trinajstić information content (AvgIpc) is 2.43. The van der Waals surface area contributed by atoms with Crippen molar-refractivity contribution in [2.24, 2.45) is 5.84 Å². The number of nitrogen functional groups attached to an aromatic ring is 1. The van der Waals surface area contributed by atoms with Gasteiger partial charge in [0.05, 0.1) is 0 Å². The minimum Gasteiger partial charge on any atom is -0.337 e. The highest BCUT2D eigenvalue weighted by Gasteiger charge is 2.12. The Labute approximate surface area is 123 Å².